The number of fused-ring (bicyclic) bond motifs is 5. The van der Waals surface area contributed by atoms with E-state index in [2.05, 4.69) is 26.6 Å². The number of nitrogens with two attached hydrogens (primary N) is 1. The van der Waals surface area contributed by atoms with E-state index in [-0.39, 0.29) is 174 Å². The molecule has 5 atom stereocenters. The molecule has 782 valence electrons. The number of cyclic esters (lactones) is 1. The number of carbonyl (C=O) groups is 18. The molecule has 5 heterocycles. The normalized spacial score (nSPS) is 14.5. The maximum atomic E-state index is 14.5. The van der Waals surface area contributed by atoms with Gasteiger partial charge >= 0.3 is 23.9 Å². The van der Waals surface area contributed by atoms with E-state index in [4.69, 9.17) is 53.3 Å². The van der Waals surface area contributed by atoms with Crippen LogP contribution < -0.4 is 37.9 Å². The van der Waals surface area contributed by atoms with Gasteiger partial charge in [0.1, 0.15) is 43.9 Å². The van der Waals surface area contributed by atoms with E-state index in [0.717, 1.165) is 71.7 Å². The molecule has 7 rings (SSSR count). The average Bonchev–Trinajstić information content (AvgIpc) is 1.51. The molecule has 4 aromatic rings. The Hall–Kier alpha value is -13.0. The number of ether oxygens (including phenoxy) is 9. The van der Waals surface area contributed by atoms with Gasteiger partial charge in [0.05, 0.1) is 161 Å². The number of rotatable bonds is 63. The van der Waals surface area contributed by atoms with Crippen LogP contribution in [0.1, 0.15) is 133 Å². The number of likely N-dealkylation sites (N-methyl/N-ethyl adjacent to an activating group) is 8. The van der Waals surface area contributed by atoms with Crippen molar-refractivity contribution in [2.75, 3.05) is 214 Å². The van der Waals surface area contributed by atoms with Crippen molar-refractivity contribution in [1.29, 1.82) is 0 Å². The van der Waals surface area contributed by atoms with Crippen LogP contribution in [0.4, 0.5) is 0 Å². The summed E-state index contributed by atoms with van der Waals surface area (Å²) in [5.74, 6) is -13.1. The van der Waals surface area contributed by atoms with Crippen LogP contribution in [0.3, 0.4) is 0 Å². The first-order valence-corrected chi connectivity index (χ1v) is 47.6. The molecule has 46 nitrogen and oxygen atoms in total. The summed E-state index contributed by atoms with van der Waals surface area (Å²) in [6, 6.07) is 13.1. The molecule has 0 unspecified atom stereocenters. The van der Waals surface area contributed by atoms with Crippen molar-refractivity contribution in [3.63, 3.8) is 0 Å². The highest BCUT2D eigenvalue weighted by molar-refractivity contribution is 5.98. The van der Waals surface area contributed by atoms with Gasteiger partial charge in [-0.05, 0) is 80.5 Å². The summed E-state index contributed by atoms with van der Waals surface area (Å²) in [4.78, 5) is 268. The Labute approximate surface area is 824 Å². The molecule has 2 aromatic carbocycles. The number of pyridine rings is 2. The molecule has 14 amide bonds. The minimum Gasteiger partial charge on any atom is -0.481 e. The summed E-state index contributed by atoms with van der Waals surface area (Å²) in [7, 11) is 10.7. The molecule has 0 bridgehead atoms. The SMILES string of the molecule is CCc1c2c(nc3ccccc13)-c1cc3c(c(=O)n1C2)COC(=O)[C@@]3(CC)OC(=O)[C@@H](NC(=O)[C@@H]1CCCN1C(=O)[C@H](CC(=O)O)NC(=O)CCOCCOCCOCCNC(=O)[C@H](CCCCNC(=O)CCCC(=O)N(C)CC(=O)N(C)CC(=O)N(C)CC(=O)N(C)CC(=O)N(C)CC(=O)N(C)CC(=O)N(C)CC(=O)N(C)CC(=O)OCc1ccccc1)NC(=O)CCOCCOCCOCCN)C(C)C. The number of carboxylic acid groups (broad SMARTS) is 1. The van der Waals surface area contributed by atoms with E-state index in [1.54, 1.807) is 55.7 Å². The van der Waals surface area contributed by atoms with Crippen molar-refractivity contribution in [2.45, 2.75) is 161 Å². The van der Waals surface area contributed by atoms with Gasteiger partial charge < -0.3 is 129 Å². The van der Waals surface area contributed by atoms with E-state index in [1.165, 1.54) is 56.4 Å². The standard InChI is InChI=1S/C96H139N17O29/c1-13-65-66-26-18-19-27-70(66)102-89-67(65)52-113-74(89)50-69-68(92(113)130)62-141-95(133)96(69,14-2)142-94(132)88(63(3)4)103-91(129)73-29-23-37-112(73)93(131)72(51-86(125)126)101-77(116)33-39-135-43-47-139-49-45-137-41-36-99-90(128)71(100-76(115)32-38-134-42-46-138-48-44-136-40-34-97)28-20-21-35-98-75(114)30-22-31-78(117)104(5)53-79(118)105(6)54-80(119)106(7)55-81(120)107(8)56-82(121)108(9)57-83(122)109(10)58-84(123)110(11)59-85(124)111(12)60-87(127)140-61-64-24-16-15-17-25-64/h15-19,24-27,50,63,71-73,88H,13-14,20-23,28-49,51-62,97H2,1-12H3,(H,98,114)(H,99,128)(H,100,115)(H,101,116)(H,103,129)(H,125,126)/t71-,72-,73-,88-,96-/m0/s1. The lowest BCUT2D eigenvalue weighted by Gasteiger charge is -2.37. The number of carbonyl (C=O) groups excluding carboxylic acids is 17. The highest BCUT2D eigenvalue weighted by Gasteiger charge is 2.52. The van der Waals surface area contributed by atoms with Gasteiger partial charge in [0.15, 0.2) is 0 Å². The predicted octanol–water partition coefficient (Wildman–Crippen LogP) is -1.41. The minimum atomic E-state index is -2.11. The largest absolute Gasteiger partial charge is 0.481 e. The molecular weight excluding hydrogens is 1860 g/mol. The Morgan fingerprint density at radius 1 is 0.542 bits per heavy atom. The van der Waals surface area contributed by atoms with Gasteiger partial charge in [0.2, 0.25) is 88.3 Å². The van der Waals surface area contributed by atoms with Gasteiger partial charge in [0, 0.05) is 125 Å². The Kier molecular flexibility index (Phi) is 48.2. The number of carboxylic acids is 1. The molecule has 0 radical (unpaired) electrons. The predicted molar refractivity (Wildman–Crippen MR) is 510 cm³/mol. The minimum absolute atomic E-state index is 0.0138. The van der Waals surface area contributed by atoms with E-state index in [1.807, 2.05) is 37.3 Å². The first-order chi connectivity index (χ1) is 67.7. The van der Waals surface area contributed by atoms with Crippen LogP contribution >= 0.6 is 0 Å². The van der Waals surface area contributed by atoms with Crippen LogP contribution in [0.5, 0.6) is 0 Å². The van der Waals surface area contributed by atoms with Crippen molar-refractivity contribution in [2.24, 2.45) is 11.7 Å². The number of hydrogen-bond acceptors (Lipinski definition) is 30. The molecule has 2 aromatic heterocycles. The fraction of sp³-hybridized carbons (Fsp3) is 0.604. The number of nitrogens with zero attached hydrogens (tertiary/aromatic N) is 11. The lowest BCUT2D eigenvalue weighted by molar-refractivity contribution is -0.191. The summed E-state index contributed by atoms with van der Waals surface area (Å²) in [6.07, 6.45) is 0.711. The number of nitrogens with one attached hydrogen (secondary N) is 5. The monoisotopic (exact) mass is 1990 g/mol. The summed E-state index contributed by atoms with van der Waals surface area (Å²) in [5.41, 5.74) is 7.53. The molecule has 46 heteroatoms. The van der Waals surface area contributed by atoms with Crippen LogP contribution in [-0.4, -0.2) is 404 Å². The van der Waals surface area contributed by atoms with Gasteiger partial charge in [0.25, 0.3) is 5.56 Å². The molecule has 0 saturated carbocycles. The first-order valence-electron chi connectivity index (χ1n) is 47.6. The van der Waals surface area contributed by atoms with E-state index < -0.39 is 194 Å². The van der Waals surface area contributed by atoms with Crippen molar-refractivity contribution in [3.05, 3.63) is 98.8 Å². The van der Waals surface area contributed by atoms with E-state index >= 15 is 0 Å². The van der Waals surface area contributed by atoms with Crippen LogP contribution in [0, 0.1) is 5.92 Å². The maximum Gasteiger partial charge on any atom is 0.355 e. The van der Waals surface area contributed by atoms with Crippen molar-refractivity contribution in [1.82, 2.24) is 80.2 Å². The smallest absolute Gasteiger partial charge is 0.355 e. The number of benzene rings is 2. The maximum absolute atomic E-state index is 14.5. The third-order valence-corrected chi connectivity index (χ3v) is 23.9. The Balaban J connectivity index is 0.753. The fourth-order valence-electron chi connectivity index (χ4n) is 15.5. The molecule has 3 aliphatic heterocycles. The molecular formula is C96H139N17O29. The van der Waals surface area contributed by atoms with Crippen molar-refractivity contribution >= 4 is 117 Å². The molecule has 0 aliphatic carbocycles. The number of para-hydroxylation sites is 1. The Morgan fingerprint density at radius 2 is 1.04 bits per heavy atom. The van der Waals surface area contributed by atoms with E-state index in [9.17, 15) is 96.2 Å². The highest BCUT2D eigenvalue weighted by atomic mass is 16.6. The van der Waals surface area contributed by atoms with Gasteiger partial charge in [-0.2, -0.15) is 0 Å². The number of hydrogen-bond donors (Lipinski definition) is 7. The van der Waals surface area contributed by atoms with Gasteiger partial charge in [-0.15, -0.1) is 0 Å². The number of esters is 3. The summed E-state index contributed by atoms with van der Waals surface area (Å²) < 4.78 is 51.7. The zero-order valence-electron chi connectivity index (χ0n) is 83.3. The number of aromatic nitrogens is 2. The van der Waals surface area contributed by atoms with Gasteiger partial charge in [-0.3, -0.25) is 81.5 Å². The van der Waals surface area contributed by atoms with Gasteiger partial charge in [-0.1, -0.05) is 76.2 Å². The second-order valence-corrected chi connectivity index (χ2v) is 35.1. The average molecular weight is 2000 g/mol. The molecule has 142 heavy (non-hydrogen) atoms. The summed E-state index contributed by atoms with van der Waals surface area (Å²) >= 11 is 0. The highest BCUT2D eigenvalue weighted by Crippen LogP contribution is 2.43. The van der Waals surface area contributed by atoms with Crippen LogP contribution in [-0.2, 0) is 161 Å². The summed E-state index contributed by atoms with van der Waals surface area (Å²) in [5, 5.41) is 24.3. The first kappa shape index (κ1) is 116. The topological polar surface area (TPSA) is 561 Å². The summed E-state index contributed by atoms with van der Waals surface area (Å²) in [6.45, 7) is 5.68. The third kappa shape index (κ3) is 35.9. The van der Waals surface area contributed by atoms with Crippen LogP contribution in [0.2, 0.25) is 0 Å². The molecule has 1 saturated heterocycles. The molecule has 3 aliphatic rings. The number of likely N-dealkylation sites (tertiary alicyclic amines) is 1. The Morgan fingerprint density at radius 3 is 1.55 bits per heavy atom. The second kappa shape index (κ2) is 59.0. The molecule has 8 N–H and O–H groups in total. The van der Waals surface area contributed by atoms with Gasteiger partial charge in [-0.25, -0.2) is 14.6 Å². The van der Waals surface area contributed by atoms with Crippen molar-refractivity contribution < 1.29 is 134 Å². The van der Waals surface area contributed by atoms with Crippen LogP contribution in [0.15, 0.2) is 65.5 Å². The zero-order valence-corrected chi connectivity index (χ0v) is 83.3. The number of amides is 14. The second-order valence-electron chi connectivity index (χ2n) is 35.1. The van der Waals surface area contributed by atoms with Crippen molar-refractivity contribution in [3.8, 4) is 11.4 Å². The molecule has 1 fully saturated rings. The third-order valence-electron chi connectivity index (χ3n) is 23.9. The number of aliphatic carboxylic acids is 1. The van der Waals surface area contributed by atoms with Crippen LogP contribution in [0.25, 0.3) is 22.3 Å². The number of aryl methyl sites for hydroxylation is 1. The van der Waals surface area contributed by atoms with E-state index in [0.29, 0.717) is 63.4 Å². The fourth-order valence-corrected chi connectivity index (χ4v) is 15.5. The lowest BCUT2D eigenvalue weighted by atomic mass is 9.85. The zero-order chi connectivity index (χ0) is 104. The Bertz CT molecular complexity index is 5100. The number of unbranched alkanes of at least 4 members (excludes halogenated alkanes) is 1. The molecule has 0 spiro atoms. The lowest BCUT2D eigenvalue weighted by Crippen LogP contribution is -2.57. The quantitative estimate of drug-likeness (QED) is 0.0134.